The average Bonchev–Trinajstić information content (AvgIpc) is 2.90. The minimum Gasteiger partial charge on any atom is -0.355 e. The molecule has 3 heterocycles. The zero-order chi connectivity index (χ0) is 18.1. The van der Waals surface area contributed by atoms with E-state index in [0.29, 0.717) is 54.5 Å². The first-order valence-electron chi connectivity index (χ1n) is 8.18. The SMILES string of the molecule is CC(=O)c1[nH]c(C)c(C(=O)N2CCN(c3ncc[nH]c3=O)CC2)c1C. The summed E-state index contributed by atoms with van der Waals surface area (Å²) in [6.45, 7) is 7.13. The number of hydrogen-bond acceptors (Lipinski definition) is 5. The molecule has 8 heteroatoms. The Morgan fingerprint density at radius 1 is 1.16 bits per heavy atom. The number of piperazine rings is 1. The first-order chi connectivity index (χ1) is 11.9. The highest BCUT2D eigenvalue weighted by atomic mass is 16.2. The average molecular weight is 343 g/mol. The van der Waals surface area contributed by atoms with Gasteiger partial charge in [-0.2, -0.15) is 0 Å². The van der Waals surface area contributed by atoms with Crippen molar-refractivity contribution in [2.45, 2.75) is 20.8 Å². The predicted octanol–water partition coefficient (Wildman–Crippen LogP) is 0.880. The maximum atomic E-state index is 12.9. The zero-order valence-electron chi connectivity index (χ0n) is 14.5. The van der Waals surface area contributed by atoms with Crippen LogP contribution in [-0.2, 0) is 0 Å². The number of anilines is 1. The molecular weight excluding hydrogens is 322 g/mol. The lowest BCUT2D eigenvalue weighted by Gasteiger charge is -2.35. The van der Waals surface area contributed by atoms with Gasteiger partial charge in [0.05, 0.1) is 11.3 Å². The van der Waals surface area contributed by atoms with Crippen molar-refractivity contribution >= 4 is 17.5 Å². The highest BCUT2D eigenvalue weighted by molar-refractivity contribution is 6.02. The Bertz CT molecular complexity index is 875. The molecule has 0 atom stereocenters. The van der Waals surface area contributed by atoms with Gasteiger partial charge in [-0.05, 0) is 19.4 Å². The topological polar surface area (TPSA) is 102 Å². The fourth-order valence-electron chi connectivity index (χ4n) is 3.27. The van der Waals surface area contributed by atoms with Crippen molar-refractivity contribution < 1.29 is 9.59 Å². The van der Waals surface area contributed by atoms with E-state index in [4.69, 9.17) is 0 Å². The van der Waals surface area contributed by atoms with Crippen LogP contribution >= 0.6 is 0 Å². The number of ketones is 1. The second-order valence-corrected chi connectivity index (χ2v) is 6.20. The van der Waals surface area contributed by atoms with E-state index in [1.165, 1.54) is 13.1 Å². The van der Waals surface area contributed by atoms with Crippen LogP contribution < -0.4 is 10.5 Å². The van der Waals surface area contributed by atoms with Gasteiger partial charge in [0.2, 0.25) is 0 Å². The molecule has 1 amide bonds. The molecule has 0 aliphatic carbocycles. The lowest BCUT2D eigenvalue weighted by molar-refractivity contribution is 0.0745. The van der Waals surface area contributed by atoms with E-state index in [1.54, 1.807) is 24.9 Å². The van der Waals surface area contributed by atoms with E-state index in [2.05, 4.69) is 15.0 Å². The number of H-pyrrole nitrogens is 2. The van der Waals surface area contributed by atoms with Gasteiger partial charge in [-0.15, -0.1) is 0 Å². The standard InChI is InChI=1S/C17H21N5O3/c1-10-13(11(2)20-14(10)12(3)23)17(25)22-8-6-21(7-9-22)15-16(24)19-5-4-18-15/h4-5,20H,6-9H2,1-3H3,(H,19,24). The Morgan fingerprint density at radius 2 is 1.84 bits per heavy atom. The minimum atomic E-state index is -0.231. The van der Waals surface area contributed by atoms with E-state index in [-0.39, 0.29) is 17.2 Å². The first kappa shape index (κ1) is 16.9. The molecule has 0 spiro atoms. The maximum absolute atomic E-state index is 12.9. The van der Waals surface area contributed by atoms with Crippen LogP contribution in [0.1, 0.15) is 39.0 Å². The molecule has 1 fully saturated rings. The number of nitrogens with zero attached hydrogens (tertiary/aromatic N) is 3. The van der Waals surface area contributed by atoms with Crippen molar-refractivity contribution in [2.75, 3.05) is 31.1 Å². The highest BCUT2D eigenvalue weighted by Crippen LogP contribution is 2.21. The smallest absolute Gasteiger partial charge is 0.290 e. The summed E-state index contributed by atoms with van der Waals surface area (Å²) in [5, 5.41) is 0. The number of carbonyl (C=O) groups is 2. The Morgan fingerprint density at radius 3 is 2.40 bits per heavy atom. The van der Waals surface area contributed by atoms with Crippen molar-refractivity contribution in [1.29, 1.82) is 0 Å². The van der Waals surface area contributed by atoms with Gasteiger partial charge in [0, 0.05) is 51.2 Å². The maximum Gasteiger partial charge on any atom is 0.290 e. The number of aromatic amines is 2. The van der Waals surface area contributed by atoms with Crippen LogP contribution in [0.25, 0.3) is 0 Å². The number of Topliss-reactive ketones (excluding diaryl/α,β-unsaturated/α-hetero) is 1. The van der Waals surface area contributed by atoms with Crippen LogP contribution in [0, 0.1) is 13.8 Å². The van der Waals surface area contributed by atoms with Gasteiger partial charge in [0.15, 0.2) is 11.6 Å². The Balaban J connectivity index is 1.76. The summed E-state index contributed by atoms with van der Waals surface area (Å²) in [4.78, 5) is 49.7. The molecule has 25 heavy (non-hydrogen) atoms. The number of hydrogen-bond donors (Lipinski definition) is 2. The van der Waals surface area contributed by atoms with Gasteiger partial charge in [-0.1, -0.05) is 0 Å². The summed E-state index contributed by atoms with van der Waals surface area (Å²) in [7, 11) is 0. The van der Waals surface area contributed by atoms with Crippen molar-refractivity contribution in [2.24, 2.45) is 0 Å². The second kappa shape index (κ2) is 6.54. The van der Waals surface area contributed by atoms with E-state index < -0.39 is 0 Å². The number of aromatic nitrogens is 3. The molecule has 2 aromatic heterocycles. The Labute approximate surface area is 144 Å². The molecule has 1 saturated heterocycles. The highest BCUT2D eigenvalue weighted by Gasteiger charge is 2.28. The summed E-state index contributed by atoms with van der Waals surface area (Å²) >= 11 is 0. The summed E-state index contributed by atoms with van der Waals surface area (Å²) in [5.74, 6) is 0.203. The quantitative estimate of drug-likeness (QED) is 0.806. The lowest BCUT2D eigenvalue weighted by Crippen LogP contribution is -2.50. The summed E-state index contributed by atoms with van der Waals surface area (Å²) in [6.07, 6.45) is 3.04. The number of nitrogens with one attached hydrogen (secondary N) is 2. The third-order valence-corrected chi connectivity index (χ3v) is 4.56. The molecule has 8 nitrogen and oxygen atoms in total. The molecule has 0 saturated carbocycles. The van der Waals surface area contributed by atoms with E-state index >= 15 is 0 Å². The van der Waals surface area contributed by atoms with Crippen LogP contribution in [0.15, 0.2) is 17.2 Å². The van der Waals surface area contributed by atoms with Crippen molar-refractivity contribution in [1.82, 2.24) is 19.9 Å². The number of aryl methyl sites for hydroxylation is 1. The van der Waals surface area contributed by atoms with Crippen molar-refractivity contribution in [3.63, 3.8) is 0 Å². The third-order valence-electron chi connectivity index (χ3n) is 4.56. The summed E-state index contributed by atoms with van der Waals surface area (Å²) in [5.41, 5.74) is 2.22. The minimum absolute atomic E-state index is 0.0844. The Hall–Kier alpha value is -2.90. The van der Waals surface area contributed by atoms with Crippen LogP contribution in [0.4, 0.5) is 5.82 Å². The molecule has 132 valence electrons. The van der Waals surface area contributed by atoms with Gasteiger partial charge in [-0.3, -0.25) is 14.4 Å². The third kappa shape index (κ3) is 3.07. The molecule has 0 radical (unpaired) electrons. The van der Waals surface area contributed by atoms with E-state index in [1.807, 2.05) is 4.90 Å². The molecule has 0 bridgehead atoms. The fourth-order valence-corrected chi connectivity index (χ4v) is 3.27. The van der Waals surface area contributed by atoms with Gasteiger partial charge >= 0.3 is 0 Å². The van der Waals surface area contributed by atoms with E-state index in [9.17, 15) is 14.4 Å². The van der Waals surface area contributed by atoms with Crippen molar-refractivity contribution in [3.05, 3.63) is 45.3 Å². The van der Waals surface area contributed by atoms with Crippen LogP contribution in [0.3, 0.4) is 0 Å². The molecule has 1 aliphatic heterocycles. The molecular formula is C17H21N5O3. The normalized spacial score (nSPS) is 14.7. The molecule has 0 aromatic carbocycles. The van der Waals surface area contributed by atoms with Gasteiger partial charge in [0.1, 0.15) is 0 Å². The van der Waals surface area contributed by atoms with Gasteiger partial charge in [0.25, 0.3) is 11.5 Å². The lowest BCUT2D eigenvalue weighted by atomic mass is 10.1. The van der Waals surface area contributed by atoms with Gasteiger partial charge in [-0.25, -0.2) is 4.98 Å². The van der Waals surface area contributed by atoms with Gasteiger partial charge < -0.3 is 19.8 Å². The summed E-state index contributed by atoms with van der Waals surface area (Å²) < 4.78 is 0. The molecule has 2 aromatic rings. The fraction of sp³-hybridized carbons (Fsp3) is 0.412. The molecule has 2 N–H and O–H groups in total. The summed E-state index contributed by atoms with van der Waals surface area (Å²) in [6, 6.07) is 0. The predicted molar refractivity (Wildman–Crippen MR) is 93.2 cm³/mol. The van der Waals surface area contributed by atoms with Crippen molar-refractivity contribution in [3.8, 4) is 0 Å². The second-order valence-electron chi connectivity index (χ2n) is 6.20. The number of rotatable bonds is 3. The molecule has 3 rings (SSSR count). The zero-order valence-corrected chi connectivity index (χ0v) is 14.5. The number of amides is 1. The Kier molecular flexibility index (Phi) is 4.43. The van der Waals surface area contributed by atoms with Crippen LogP contribution in [0.5, 0.6) is 0 Å². The van der Waals surface area contributed by atoms with E-state index in [0.717, 1.165) is 0 Å². The monoisotopic (exact) mass is 343 g/mol. The van der Waals surface area contributed by atoms with Crippen LogP contribution in [0.2, 0.25) is 0 Å². The molecule has 0 unspecified atom stereocenters. The first-order valence-corrected chi connectivity index (χ1v) is 8.18. The largest absolute Gasteiger partial charge is 0.355 e. The number of carbonyl (C=O) groups excluding carboxylic acids is 2. The van der Waals surface area contributed by atoms with Crippen LogP contribution in [-0.4, -0.2) is 57.7 Å². The molecule has 1 aliphatic rings.